The van der Waals surface area contributed by atoms with E-state index in [1.54, 1.807) is 25.6 Å². The van der Waals surface area contributed by atoms with Crippen molar-refractivity contribution in [3.8, 4) is 5.75 Å². The molecule has 0 unspecified atom stereocenters. The van der Waals surface area contributed by atoms with Gasteiger partial charge in [-0.15, -0.1) is 0 Å². The first-order valence-corrected chi connectivity index (χ1v) is 37.1. The number of carboxylic acid groups (broad SMARTS) is 4. The summed E-state index contributed by atoms with van der Waals surface area (Å²) in [7, 11) is -5.54. The fourth-order valence-electron chi connectivity index (χ4n) is 11.5. The van der Waals surface area contributed by atoms with E-state index in [-0.39, 0.29) is 66.9 Å². The lowest BCUT2D eigenvalue weighted by atomic mass is 10.0. The third-order valence-corrected chi connectivity index (χ3v) is 19.0. The minimum absolute atomic E-state index is 0.00362. The molecule has 616 valence electrons. The summed E-state index contributed by atoms with van der Waals surface area (Å²) in [4.78, 5) is 267. The minimum Gasteiger partial charge on any atom is -0.508 e. The number of fused-ring (bicyclic) bond motifs is 1. The van der Waals surface area contributed by atoms with Gasteiger partial charge in [0, 0.05) is 36.8 Å². The first-order valence-electron chi connectivity index (χ1n) is 34.5. The van der Waals surface area contributed by atoms with Gasteiger partial charge in [-0.1, -0.05) is 32.4 Å². The van der Waals surface area contributed by atoms with Crippen molar-refractivity contribution in [3.05, 3.63) is 29.8 Å². The Morgan fingerprint density at radius 2 is 1.07 bits per heavy atom. The third kappa shape index (κ3) is 32.3. The fraction of sp³-hybridized carbons (Fsp3) is 0.603. The van der Waals surface area contributed by atoms with Crippen molar-refractivity contribution in [2.24, 2.45) is 11.7 Å². The van der Waals surface area contributed by atoms with E-state index in [0.29, 0.717) is 12.8 Å². The molecule has 4 rings (SSSR count). The highest BCUT2D eigenvalue weighted by molar-refractivity contribution is 8.00. The normalized spacial score (nSPS) is 18.3. The molecule has 0 radical (unpaired) electrons. The summed E-state index contributed by atoms with van der Waals surface area (Å²) in [5.74, 6) is -23.4. The standard InChI is InChI=1S/C63H93N16O30PS/c1-28(2)17-34(56(98)69-32(14-15-47(87)88)55(97)72-36(20-49(91)92)58(100)70-33(53(64)95)19-48(89)90)74-61(103)41-7-6-16-79(41)62(104)51(29(3)109-110(106,107)108)77-46(86)24-67-54(96)38(25-80)75-59(101)37(21-50(93)94)73-57(99)35(18-30-10-12-31(82)13-11-30)71-60(102)39(26-81)68-45(85)23-66-44(84)22-65-43(83)9-5-4-8-42-52-40(27-111-42)76-63(105)78-52/h10-13,28-29,32-42,51-52,80-82H,4-9,14-27H2,1-3H3,(H2,64,95)(H,65,83)(H,66,84)(H,67,96)(H,68,85)(H,69,98)(H,70,100)(H,71,102)(H,72,97)(H,73,99)(H,74,103)(H,75,101)(H,77,86)(H,87,88)(H,89,90)(H,91,92)(H,93,94)(H2,76,78,105)(H2,106,107,108)/t29-,32+,33+,34+,35+,36+,37+,38+,39+,40+,41+,42+,51+,52+/m1/s1. The molecule has 0 aliphatic carbocycles. The Hall–Kier alpha value is -10.9. The number of unbranched alkanes of at least 4 members (excludes halogenated alkanes) is 1. The number of amides is 16. The van der Waals surface area contributed by atoms with E-state index < -0.39 is 258 Å². The third-order valence-electron chi connectivity index (χ3n) is 16.9. The maximum Gasteiger partial charge on any atom is 0.469 e. The maximum atomic E-state index is 14.5. The highest BCUT2D eigenvalue weighted by atomic mass is 32.2. The molecule has 1 aromatic carbocycles. The lowest BCUT2D eigenvalue weighted by Crippen LogP contribution is -2.61. The van der Waals surface area contributed by atoms with Gasteiger partial charge >= 0.3 is 37.7 Å². The van der Waals surface area contributed by atoms with E-state index in [2.05, 4.69) is 53.2 Å². The number of phenols is 1. The molecule has 0 aromatic heterocycles. The molecule has 3 aliphatic rings. The number of aliphatic carboxylic acids is 4. The summed E-state index contributed by atoms with van der Waals surface area (Å²) >= 11 is 1.72. The van der Waals surface area contributed by atoms with Gasteiger partial charge in [-0.3, -0.25) is 90.8 Å². The number of nitrogens with one attached hydrogen (secondary N) is 14. The molecule has 14 atom stereocenters. The van der Waals surface area contributed by atoms with Gasteiger partial charge in [0.05, 0.1) is 70.3 Å². The van der Waals surface area contributed by atoms with Gasteiger partial charge in [-0.2, -0.15) is 11.8 Å². The van der Waals surface area contributed by atoms with E-state index in [1.165, 1.54) is 24.3 Å². The van der Waals surface area contributed by atoms with Crippen LogP contribution in [0.2, 0.25) is 0 Å². The molecule has 25 N–H and O–H groups in total. The summed E-state index contributed by atoms with van der Waals surface area (Å²) in [6, 6.07) is -14.4. The van der Waals surface area contributed by atoms with E-state index in [9.17, 15) is 136 Å². The SMILES string of the molecule is CC(C)C[C@H](NC(=O)[C@@H]1CCCN1C(=O)[C@@H](NC(=O)CNC(=O)[C@H](CO)NC(=O)[C@H](CC(=O)O)NC(=O)[C@H](Cc1ccc(O)cc1)NC(=O)[C@H](CO)NC(=O)CNC(=O)CNC(=O)CCCC[C@@H]1SC[C@@H]2NC(=O)N[C@@H]21)[C@@H](C)OP(=O)(O)O)C(=O)N[C@@H](CCC(=O)O)C(=O)N[C@@H](CC(=O)O)C(=O)N[C@@H](CC(=O)O)C(N)=O. The minimum atomic E-state index is -5.54. The Balaban J connectivity index is 1.42. The fourth-order valence-corrected chi connectivity index (χ4v) is 13.6. The van der Waals surface area contributed by atoms with Crippen molar-refractivity contribution < 1.29 is 146 Å². The number of hydrogen-bond donors (Lipinski definition) is 24. The highest BCUT2D eigenvalue weighted by Gasteiger charge is 2.45. The van der Waals surface area contributed by atoms with Crippen molar-refractivity contribution in [1.29, 1.82) is 0 Å². The van der Waals surface area contributed by atoms with Gasteiger partial charge in [-0.05, 0) is 69.1 Å². The second-order valence-corrected chi connectivity index (χ2v) is 28.7. The predicted octanol–water partition coefficient (Wildman–Crippen LogP) is -9.33. The molecule has 16 amide bonds. The largest absolute Gasteiger partial charge is 0.508 e. The topological polar surface area (TPSA) is 730 Å². The van der Waals surface area contributed by atoms with Gasteiger partial charge in [-0.25, -0.2) is 9.36 Å². The summed E-state index contributed by atoms with van der Waals surface area (Å²) < 4.78 is 16.8. The first kappa shape index (κ1) is 92.5. The zero-order valence-corrected chi connectivity index (χ0v) is 61.8. The second-order valence-electron chi connectivity index (χ2n) is 26.2. The van der Waals surface area contributed by atoms with Crippen LogP contribution in [-0.4, -0.2) is 292 Å². The molecule has 0 bridgehead atoms. The molecule has 3 fully saturated rings. The highest BCUT2D eigenvalue weighted by Crippen LogP contribution is 2.39. The molecule has 3 heterocycles. The number of nitrogens with zero attached hydrogens (tertiary/aromatic N) is 1. The first-order chi connectivity index (χ1) is 52.1. The summed E-state index contributed by atoms with van der Waals surface area (Å²) in [6.45, 7) is -1.20. The summed E-state index contributed by atoms with van der Waals surface area (Å²) in [6.07, 6.45) is -6.03. The van der Waals surface area contributed by atoms with Crippen molar-refractivity contribution in [2.75, 3.05) is 45.1 Å². The molecule has 46 nitrogen and oxygen atoms in total. The molecule has 0 spiro atoms. The van der Waals surface area contributed by atoms with Crippen molar-refractivity contribution in [1.82, 2.24) is 79.3 Å². The summed E-state index contributed by atoms with van der Waals surface area (Å²) in [5, 5.41) is 100. The van der Waals surface area contributed by atoms with Crippen molar-refractivity contribution in [2.45, 2.75) is 188 Å². The number of carbonyl (C=O) groups is 19. The lowest BCUT2D eigenvalue weighted by molar-refractivity contribution is -0.144. The van der Waals surface area contributed by atoms with E-state index in [0.717, 1.165) is 24.0 Å². The average Bonchev–Trinajstić information content (AvgIpc) is 1.72. The molecular formula is C63H93N16O30PS. The smallest absolute Gasteiger partial charge is 0.469 e. The number of nitrogens with two attached hydrogens (primary N) is 1. The number of carbonyl (C=O) groups excluding carboxylic acids is 15. The Bertz CT molecular complexity index is 3650. The molecule has 3 saturated heterocycles. The van der Waals surface area contributed by atoms with Gasteiger partial charge in [0.1, 0.15) is 66.2 Å². The number of carboxylic acids is 4. The maximum absolute atomic E-state index is 14.5. The number of phosphoric acid groups is 1. The molecular weight excluding hydrogens is 1520 g/mol. The van der Waals surface area contributed by atoms with Crippen LogP contribution in [0, 0.1) is 5.92 Å². The molecule has 3 aliphatic heterocycles. The number of benzene rings is 1. The van der Waals surface area contributed by atoms with E-state index in [1.807, 2.05) is 21.3 Å². The number of thioether (sulfide) groups is 1. The van der Waals surface area contributed by atoms with Crippen molar-refractivity contribution >= 4 is 132 Å². The zero-order valence-electron chi connectivity index (χ0n) is 60.1. The van der Waals surface area contributed by atoms with Crippen LogP contribution in [-0.2, 0) is 102 Å². The van der Waals surface area contributed by atoms with Gasteiger partial charge in [0.15, 0.2) is 0 Å². The van der Waals surface area contributed by atoms with Crippen LogP contribution < -0.4 is 80.2 Å². The quantitative estimate of drug-likeness (QED) is 0.0164. The number of primary amides is 1. The number of urea groups is 1. The Kier molecular flexibility index (Phi) is 37.3. The number of phenolic OH excluding ortho intramolecular Hbond substituents is 1. The summed E-state index contributed by atoms with van der Waals surface area (Å²) in [5.41, 5.74) is 5.38. The van der Waals surface area contributed by atoms with E-state index in [4.69, 9.17) is 15.4 Å². The number of rotatable bonds is 48. The Morgan fingerprint density at radius 1 is 0.577 bits per heavy atom. The average molecular weight is 1620 g/mol. The van der Waals surface area contributed by atoms with Gasteiger partial charge in [0.2, 0.25) is 82.7 Å². The van der Waals surface area contributed by atoms with E-state index >= 15 is 0 Å². The van der Waals surface area contributed by atoms with Gasteiger partial charge in [0.25, 0.3) is 0 Å². The Labute approximate surface area is 635 Å². The zero-order chi connectivity index (χ0) is 83.1. The lowest BCUT2D eigenvalue weighted by Gasteiger charge is -2.32. The van der Waals surface area contributed by atoms with Crippen LogP contribution in [0.15, 0.2) is 24.3 Å². The van der Waals surface area contributed by atoms with Crippen LogP contribution in [0.4, 0.5) is 4.79 Å². The molecule has 0 saturated carbocycles. The number of phosphoric ester groups is 1. The second kappa shape index (κ2) is 44.7. The van der Waals surface area contributed by atoms with Crippen molar-refractivity contribution in [3.63, 3.8) is 0 Å². The van der Waals surface area contributed by atoms with Crippen LogP contribution in [0.1, 0.15) is 103 Å². The molecule has 111 heavy (non-hydrogen) atoms. The number of aliphatic hydroxyl groups excluding tert-OH is 2. The Morgan fingerprint density at radius 3 is 1.64 bits per heavy atom. The molecule has 48 heteroatoms. The molecule has 1 aromatic rings. The van der Waals surface area contributed by atoms with Crippen LogP contribution in [0.5, 0.6) is 5.75 Å². The number of aromatic hydroxyl groups is 1. The predicted molar refractivity (Wildman–Crippen MR) is 376 cm³/mol. The monoisotopic (exact) mass is 1620 g/mol. The number of aliphatic hydroxyl groups is 2. The van der Waals surface area contributed by atoms with Crippen LogP contribution in [0.25, 0.3) is 0 Å². The van der Waals surface area contributed by atoms with Crippen LogP contribution >= 0.6 is 19.6 Å². The number of likely N-dealkylation sites (tertiary alicyclic amines) is 1. The number of hydrogen-bond acceptors (Lipinski definition) is 25. The van der Waals surface area contributed by atoms with Gasteiger partial charge < -0.3 is 131 Å². The van der Waals surface area contributed by atoms with Crippen LogP contribution in [0.3, 0.4) is 0 Å².